The summed E-state index contributed by atoms with van der Waals surface area (Å²) in [5.41, 5.74) is -1.18. The molecule has 1 aliphatic rings. The summed E-state index contributed by atoms with van der Waals surface area (Å²) in [5.74, 6) is 0. The molecule has 2 aromatic heterocycles. The molecule has 22 heavy (non-hydrogen) atoms. The number of methoxy groups -OCH3 is 1. The van der Waals surface area contributed by atoms with E-state index in [0.717, 1.165) is 12.0 Å². The average Bonchev–Trinajstić information content (AvgIpc) is 2.83. The largest absolute Gasteiger partial charge is 0.420 e. The molecule has 2 amide bonds. The van der Waals surface area contributed by atoms with Gasteiger partial charge in [0.25, 0.3) is 0 Å². The number of hydrogen-bond acceptors (Lipinski definition) is 3. The quantitative estimate of drug-likeness (QED) is 0.924. The van der Waals surface area contributed by atoms with Crippen molar-refractivity contribution in [3.05, 3.63) is 30.7 Å². The van der Waals surface area contributed by atoms with Crippen LogP contribution in [0.5, 0.6) is 0 Å². The summed E-state index contributed by atoms with van der Waals surface area (Å²) in [6, 6.07) is 2.66. The van der Waals surface area contributed by atoms with Gasteiger partial charge in [-0.25, -0.2) is 9.78 Å². The van der Waals surface area contributed by atoms with E-state index in [2.05, 4.69) is 15.0 Å². The number of fused-ring (bicyclic) bond motifs is 1. The first-order chi connectivity index (χ1) is 10.3. The Labute approximate surface area is 123 Å². The number of anilines is 1. The summed E-state index contributed by atoms with van der Waals surface area (Å²) in [7, 11) is 0.995. The number of imidazole rings is 1. The first-order valence-electron chi connectivity index (χ1n) is 6.45. The van der Waals surface area contributed by atoms with Gasteiger partial charge in [0.05, 0.1) is 13.1 Å². The highest BCUT2D eigenvalue weighted by atomic mass is 19.4. The van der Waals surface area contributed by atoms with Crippen molar-refractivity contribution in [3.63, 3.8) is 0 Å². The van der Waals surface area contributed by atoms with Crippen molar-refractivity contribution in [2.45, 2.75) is 11.8 Å². The minimum atomic E-state index is -4.51. The van der Waals surface area contributed by atoms with E-state index >= 15 is 0 Å². The monoisotopic (exact) mass is 314 g/mol. The summed E-state index contributed by atoms with van der Waals surface area (Å²) in [4.78, 5) is 17.1. The highest BCUT2D eigenvalue weighted by Gasteiger charge is 2.63. The van der Waals surface area contributed by atoms with Gasteiger partial charge in [-0.1, -0.05) is 0 Å². The molecule has 9 heteroatoms. The van der Waals surface area contributed by atoms with Gasteiger partial charge in [-0.05, 0) is 6.07 Å². The number of amides is 2. The van der Waals surface area contributed by atoms with Crippen molar-refractivity contribution < 1.29 is 22.7 Å². The first-order valence-corrected chi connectivity index (χ1v) is 6.45. The molecule has 2 aromatic rings. The van der Waals surface area contributed by atoms with Gasteiger partial charge in [-0.3, -0.25) is 0 Å². The minimum absolute atomic E-state index is 0.464. The molecule has 0 aromatic carbocycles. The van der Waals surface area contributed by atoms with E-state index < -0.39 is 30.9 Å². The Hall–Kier alpha value is -2.29. The molecular weight excluding hydrogens is 301 g/mol. The number of nitrogens with zero attached hydrogens (tertiary/aromatic N) is 3. The lowest BCUT2D eigenvalue weighted by atomic mass is 9.93. The molecule has 118 valence electrons. The number of aromatic nitrogens is 2. The van der Waals surface area contributed by atoms with E-state index in [1.165, 1.54) is 0 Å². The number of urea groups is 1. The molecule has 1 fully saturated rings. The van der Waals surface area contributed by atoms with Crippen molar-refractivity contribution in [2.24, 2.45) is 0 Å². The molecule has 6 nitrogen and oxygen atoms in total. The lowest BCUT2D eigenvalue weighted by Crippen LogP contribution is -2.71. The van der Waals surface area contributed by atoms with Crippen LogP contribution < -0.4 is 5.32 Å². The summed E-state index contributed by atoms with van der Waals surface area (Å²) in [6.45, 7) is -1.05. The molecule has 0 unspecified atom stereocenters. The summed E-state index contributed by atoms with van der Waals surface area (Å²) >= 11 is 0. The van der Waals surface area contributed by atoms with E-state index in [-0.39, 0.29) is 0 Å². The molecule has 3 heterocycles. The fraction of sp³-hybridized carbons (Fsp3) is 0.385. The van der Waals surface area contributed by atoms with Crippen LogP contribution in [0.4, 0.5) is 23.7 Å². The Bertz CT molecular complexity index is 707. The van der Waals surface area contributed by atoms with E-state index in [1.54, 1.807) is 35.1 Å². The first kappa shape index (κ1) is 14.6. The van der Waals surface area contributed by atoms with Crippen molar-refractivity contribution in [2.75, 3.05) is 25.5 Å². The zero-order valence-corrected chi connectivity index (χ0v) is 11.6. The molecular formula is C13H13F3N4O2. The zero-order valence-electron chi connectivity index (χ0n) is 11.6. The molecule has 0 spiro atoms. The summed E-state index contributed by atoms with van der Waals surface area (Å²) in [5, 5.41) is 2.55. The Morgan fingerprint density at radius 1 is 1.41 bits per heavy atom. The van der Waals surface area contributed by atoms with Crippen LogP contribution in [0.25, 0.3) is 5.65 Å². The van der Waals surface area contributed by atoms with Gasteiger partial charge in [0.15, 0.2) is 5.60 Å². The van der Waals surface area contributed by atoms with Gasteiger partial charge < -0.3 is 19.4 Å². The molecule has 0 saturated carbocycles. The number of rotatable bonds is 2. The van der Waals surface area contributed by atoms with Crippen molar-refractivity contribution in [1.82, 2.24) is 14.3 Å². The number of carbonyl (C=O) groups excluding carboxylic acids is 1. The normalized spacial score (nSPS) is 17.4. The maximum Gasteiger partial charge on any atom is 0.420 e. The predicted molar refractivity (Wildman–Crippen MR) is 71.6 cm³/mol. The van der Waals surface area contributed by atoms with Crippen LogP contribution in [0.1, 0.15) is 0 Å². The maximum absolute atomic E-state index is 12.9. The van der Waals surface area contributed by atoms with Crippen LogP contribution in [0.3, 0.4) is 0 Å². The van der Waals surface area contributed by atoms with Crippen molar-refractivity contribution >= 4 is 17.4 Å². The lowest BCUT2D eigenvalue weighted by molar-refractivity contribution is -0.303. The lowest BCUT2D eigenvalue weighted by Gasteiger charge is -2.49. The highest BCUT2D eigenvalue weighted by Crippen LogP contribution is 2.40. The fourth-order valence-electron chi connectivity index (χ4n) is 2.33. The molecule has 1 aliphatic heterocycles. The van der Waals surface area contributed by atoms with Gasteiger partial charge in [0.2, 0.25) is 0 Å². The second-order valence-electron chi connectivity index (χ2n) is 5.09. The van der Waals surface area contributed by atoms with E-state index in [9.17, 15) is 18.0 Å². The van der Waals surface area contributed by atoms with Crippen molar-refractivity contribution in [3.8, 4) is 0 Å². The second-order valence-corrected chi connectivity index (χ2v) is 5.09. The van der Waals surface area contributed by atoms with Gasteiger partial charge in [0.1, 0.15) is 5.65 Å². The van der Waals surface area contributed by atoms with E-state index in [1.807, 2.05) is 0 Å². The van der Waals surface area contributed by atoms with Crippen LogP contribution in [0, 0.1) is 0 Å². The van der Waals surface area contributed by atoms with Gasteiger partial charge in [-0.15, -0.1) is 0 Å². The number of carbonyl (C=O) groups is 1. The fourth-order valence-corrected chi connectivity index (χ4v) is 2.33. The standard InChI is InChI=1S/C13H13F3N4O2/c1-22-12(13(14,15)16)7-20(8-12)11(21)18-9-2-4-19-5-3-17-10(19)6-9/h2-6H,7-8H2,1H3,(H,18,21). The Morgan fingerprint density at radius 2 is 2.14 bits per heavy atom. The molecule has 1 saturated heterocycles. The van der Waals surface area contributed by atoms with Crippen LogP contribution in [-0.2, 0) is 4.74 Å². The SMILES string of the molecule is COC1(C(F)(F)F)CN(C(=O)Nc2ccn3ccnc3c2)C1. The molecule has 0 atom stereocenters. The number of alkyl halides is 3. The molecule has 1 N–H and O–H groups in total. The van der Waals surface area contributed by atoms with Crippen molar-refractivity contribution in [1.29, 1.82) is 0 Å². The molecule has 0 radical (unpaired) electrons. The van der Waals surface area contributed by atoms with Crippen LogP contribution in [0.2, 0.25) is 0 Å². The Balaban J connectivity index is 1.66. The smallest absolute Gasteiger partial charge is 0.365 e. The Kier molecular flexibility index (Phi) is 3.24. The van der Waals surface area contributed by atoms with Gasteiger partial charge in [0, 0.05) is 37.5 Å². The third kappa shape index (κ3) is 2.27. The number of ether oxygens (including phenoxy) is 1. The highest BCUT2D eigenvalue weighted by molar-refractivity contribution is 5.90. The molecule has 0 bridgehead atoms. The van der Waals surface area contributed by atoms with E-state index in [4.69, 9.17) is 0 Å². The third-order valence-electron chi connectivity index (χ3n) is 3.74. The maximum atomic E-state index is 12.9. The zero-order chi connectivity index (χ0) is 16.0. The number of pyridine rings is 1. The van der Waals surface area contributed by atoms with Crippen LogP contribution in [-0.4, -0.2) is 52.3 Å². The predicted octanol–water partition coefficient (Wildman–Crippen LogP) is 2.13. The summed E-state index contributed by atoms with van der Waals surface area (Å²) in [6.07, 6.45) is 0.537. The molecule has 0 aliphatic carbocycles. The van der Waals surface area contributed by atoms with E-state index in [0.29, 0.717) is 11.3 Å². The average molecular weight is 314 g/mol. The molecule has 3 rings (SSSR count). The van der Waals surface area contributed by atoms with Gasteiger partial charge in [-0.2, -0.15) is 13.2 Å². The number of halogens is 3. The Morgan fingerprint density at radius 3 is 2.77 bits per heavy atom. The number of nitrogens with one attached hydrogen (secondary N) is 1. The number of likely N-dealkylation sites (tertiary alicyclic amines) is 1. The van der Waals surface area contributed by atoms with Crippen LogP contribution in [0.15, 0.2) is 30.7 Å². The van der Waals surface area contributed by atoms with Gasteiger partial charge >= 0.3 is 12.2 Å². The number of hydrogen-bond donors (Lipinski definition) is 1. The topological polar surface area (TPSA) is 58.9 Å². The summed E-state index contributed by atoms with van der Waals surface area (Å²) < 4.78 is 44.9. The van der Waals surface area contributed by atoms with Crippen LogP contribution >= 0.6 is 0 Å². The second kappa shape index (κ2) is 4.87. The third-order valence-corrected chi connectivity index (χ3v) is 3.74. The minimum Gasteiger partial charge on any atom is -0.365 e.